The number of halogens is 1. The maximum Gasteiger partial charge on any atom is 0.293 e. The van der Waals surface area contributed by atoms with Crippen molar-refractivity contribution < 1.29 is 4.92 Å². The molecule has 2 rings (SSSR count). The Morgan fingerprint density at radius 2 is 2.05 bits per heavy atom. The molecule has 0 N–H and O–H groups in total. The molecule has 0 atom stereocenters. The molecule has 5 heteroatoms. The average molecular weight is 355 g/mol. The molecular formula is C16H23BrN2O2. The lowest BCUT2D eigenvalue weighted by atomic mass is 10.1. The molecule has 116 valence electrons. The van der Waals surface area contributed by atoms with Crippen molar-refractivity contribution in [1.29, 1.82) is 0 Å². The van der Waals surface area contributed by atoms with Gasteiger partial charge in [0.2, 0.25) is 0 Å². The van der Waals surface area contributed by atoms with Crippen molar-refractivity contribution in [2.45, 2.75) is 52.0 Å². The Hall–Kier alpha value is -1.10. The molecule has 1 aromatic rings. The fraction of sp³-hybridized carbons (Fsp3) is 0.625. The van der Waals surface area contributed by atoms with Gasteiger partial charge in [-0.25, -0.2) is 0 Å². The molecule has 0 amide bonds. The van der Waals surface area contributed by atoms with Gasteiger partial charge in [0.15, 0.2) is 0 Å². The third-order valence-electron chi connectivity index (χ3n) is 4.16. The Morgan fingerprint density at radius 3 is 2.62 bits per heavy atom. The largest absolute Gasteiger partial charge is 0.363 e. The van der Waals surface area contributed by atoms with Crippen LogP contribution in [0.5, 0.6) is 0 Å². The zero-order valence-corrected chi connectivity index (χ0v) is 14.3. The number of nitro benzene ring substituents is 1. The van der Waals surface area contributed by atoms with Crippen LogP contribution in [0.1, 0.15) is 46.0 Å². The first-order valence-electron chi connectivity index (χ1n) is 7.69. The standard InChI is InChI=1S/C16H23BrN2O2/c1-12(2)9-10-18(14-5-3-4-6-14)15-8-7-13(17)11-16(15)19(20)21/h7-8,11-12,14H,3-6,9-10H2,1-2H3. The monoisotopic (exact) mass is 354 g/mol. The first-order valence-corrected chi connectivity index (χ1v) is 8.49. The number of nitro groups is 1. The van der Waals surface area contributed by atoms with Crippen LogP contribution in [0.2, 0.25) is 0 Å². The second kappa shape index (κ2) is 7.25. The summed E-state index contributed by atoms with van der Waals surface area (Å²) in [5, 5.41) is 11.4. The molecule has 0 aliphatic heterocycles. The first kappa shape index (κ1) is 16.3. The van der Waals surface area contributed by atoms with E-state index in [0.29, 0.717) is 12.0 Å². The van der Waals surface area contributed by atoms with Crippen molar-refractivity contribution in [1.82, 2.24) is 0 Å². The van der Waals surface area contributed by atoms with Gasteiger partial charge in [0.1, 0.15) is 5.69 Å². The highest BCUT2D eigenvalue weighted by atomic mass is 79.9. The zero-order valence-electron chi connectivity index (χ0n) is 12.7. The minimum atomic E-state index is -0.266. The smallest absolute Gasteiger partial charge is 0.293 e. The van der Waals surface area contributed by atoms with Gasteiger partial charge in [-0.15, -0.1) is 0 Å². The molecular weight excluding hydrogens is 332 g/mol. The Balaban J connectivity index is 2.32. The Labute approximate surface area is 134 Å². The van der Waals surface area contributed by atoms with Crippen molar-refractivity contribution in [2.24, 2.45) is 5.92 Å². The van der Waals surface area contributed by atoms with E-state index in [1.807, 2.05) is 12.1 Å². The summed E-state index contributed by atoms with van der Waals surface area (Å²) >= 11 is 3.34. The van der Waals surface area contributed by atoms with Crippen LogP contribution in [0, 0.1) is 16.0 Å². The van der Waals surface area contributed by atoms with Crippen molar-refractivity contribution in [3.05, 3.63) is 32.8 Å². The third kappa shape index (κ3) is 4.19. The second-order valence-electron chi connectivity index (χ2n) is 6.20. The Morgan fingerprint density at radius 1 is 1.38 bits per heavy atom. The van der Waals surface area contributed by atoms with E-state index < -0.39 is 0 Å². The maximum absolute atomic E-state index is 11.4. The van der Waals surface area contributed by atoms with Crippen LogP contribution < -0.4 is 4.90 Å². The number of nitrogens with zero attached hydrogens (tertiary/aromatic N) is 2. The van der Waals surface area contributed by atoms with Crippen LogP contribution in [-0.2, 0) is 0 Å². The molecule has 1 aromatic carbocycles. The molecule has 1 fully saturated rings. The van der Waals surface area contributed by atoms with Crippen LogP contribution in [0.3, 0.4) is 0 Å². The Bertz CT molecular complexity index is 499. The normalized spacial score (nSPS) is 15.6. The van der Waals surface area contributed by atoms with Gasteiger partial charge >= 0.3 is 0 Å². The third-order valence-corrected chi connectivity index (χ3v) is 4.65. The predicted octanol–water partition coefficient (Wildman–Crippen LogP) is 5.15. The lowest BCUT2D eigenvalue weighted by Gasteiger charge is -2.31. The van der Waals surface area contributed by atoms with Crippen molar-refractivity contribution in [2.75, 3.05) is 11.4 Å². The predicted molar refractivity (Wildman–Crippen MR) is 89.9 cm³/mol. The second-order valence-corrected chi connectivity index (χ2v) is 7.12. The van der Waals surface area contributed by atoms with E-state index in [4.69, 9.17) is 0 Å². The van der Waals surface area contributed by atoms with Gasteiger partial charge in [0, 0.05) is 23.1 Å². The summed E-state index contributed by atoms with van der Waals surface area (Å²) in [6, 6.07) is 5.86. The summed E-state index contributed by atoms with van der Waals surface area (Å²) in [5.41, 5.74) is 0.982. The van der Waals surface area contributed by atoms with E-state index in [0.717, 1.165) is 36.0 Å². The summed E-state index contributed by atoms with van der Waals surface area (Å²) in [6.07, 6.45) is 5.81. The van der Waals surface area contributed by atoms with E-state index in [-0.39, 0.29) is 10.6 Å². The lowest BCUT2D eigenvalue weighted by molar-refractivity contribution is -0.384. The van der Waals surface area contributed by atoms with Gasteiger partial charge in [-0.2, -0.15) is 0 Å². The van der Waals surface area contributed by atoms with E-state index in [2.05, 4.69) is 34.7 Å². The van der Waals surface area contributed by atoms with Crippen molar-refractivity contribution >= 4 is 27.3 Å². The van der Waals surface area contributed by atoms with Gasteiger partial charge in [0.05, 0.1) is 4.92 Å². The highest BCUT2D eigenvalue weighted by Crippen LogP contribution is 2.36. The van der Waals surface area contributed by atoms with Gasteiger partial charge in [0.25, 0.3) is 5.69 Å². The van der Waals surface area contributed by atoms with E-state index in [1.165, 1.54) is 12.8 Å². The topological polar surface area (TPSA) is 46.4 Å². The number of rotatable bonds is 6. The molecule has 0 unspecified atom stereocenters. The van der Waals surface area contributed by atoms with Gasteiger partial charge in [-0.3, -0.25) is 10.1 Å². The minimum absolute atomic E-state index is 0.208. The maximum atomic E-state index is 11.4. The van der Waals surface area contributed by atoms with Crippen molar-refractivity contribution in [3.8, 4) is 0 Å². The summed E-state index contributed by atoms with van der Waals surface area (Å²) in [6.45, 7) is 5.29. The average Bonchev–Trinajstić information content (AvgIpc) is 2.93. The number of hydrogen-bond donors (Lipinski definition) is 0. The highest BCUT2D eigenvalue weighted by molar-refractivity contribution is 9.10. The van der Waals surface area contributed by atoms with Crippen LogP contribution in [-0.4, -0.2) is 17.5 Å². The molecule has 1 aliphatic carbocycles. The van der Waals surface area contributed by atoms with Gasteiger partial charge < -0.3 is 4.90 Å². The molecule has 0 saturated heterocycles. The van der Waals surface area contributed by atoms with E-state index >= 15 is 0 Å². The van der Waals surface area contributed by atoms with Crippen LogP contribution >= 0.6 is 15.9 Å². The van der Waals surface area contributed by atoms with Crippen LogP contribution in [0.25, 0.3) is 0 Å². The van der Waals surface area contributed by atoms with Crippen molar-refractivity contribution in [3.63, 3.8) is 0 Å². The fourth-order valence-corrected chi connectivity index (χ4v) is 3.35. The quantitative estimate of drug-likeness (QED) is 0.523. The van der Waals surface area contributed by atoms with Crippen LogP contribution in [0.4, 0.5) is 11.4 Å². The molecule has 4 nitrogen and oxygen atoms in total. The van der Waals surface area contributed by atoms with Gasteiger partial charge in [-0.05, 0) is 37.3 Å². The molecule has 0 spiro atoms. The highest BCUT2D eigenvalue weighted by Gasteiger charge is 2.28. The minimum Gasteiger partial charge on any atom is -0.363 e. The molecule has 0 radical (unpaired) electrons. The number of benzene rings is 1. The molecule has 0 aromatic heterocycles. The first-order chi connectivity index (χ1) is 9.99. The SMILES string of the molecule is CC(C)CCN(c1ccc(Br)cc1[N+](=O)[O-])C1CCCC1. The Kier molecular flexibility index (Phi) is 5.62. The van der Waals surface area contributed by atoms with E-state index in [1.54, 1.807) is 6.07 Å². The summed E-state index contributed by atoms with van der Waals surface area (Å²) in [7, 11) is 0. The lowest BCUT2D eigenvalue weighted by Crippen LogP contribution is -2.35. The molecule has 1 aliphatic rings. The molecule has 0 bridgehead atoms. The molecule has 0 heterocycles. The zero-order chi connectivity index (χ0) is 15.4. The van der Waals surface area contributed by atoms with Gasteiger partial charge in [-0.1, -0.05) is 42.6 Å². The summed E-state index contributed by atoms with van der Waals surface area (Å²) < 4.78 is 0.758. The summed E-state index contributed by atoms with van der Waals surface area (Å²) in [5.74, 6) is 0.600. The van der Waals surface area contributed by atoms with Crippen LogP contribution in [0.15, 0.2) is 22.7 Å². The fourth-order valence-electron chi connectivity index (χ4n) is 3.00. The molecule has 21 heavy (non-hydrogen) atoms. The number of anilines is 1. The summed E-state index contributed by atoms with van der Waals surface area (Å²) in [4.78, 5) is 13.4. The molecule has 1 saturated carbocycles. The van der Waals surface area contributed by atoms with E-state index in [9.17, 15) is 10.1 Å². The number of hydrogen-bond acceptors (Lipinski definition) is 3.